The summed E-state index contributed by atoms with van der Waals surface area (Å²) in [5, 5.41) is 13.5. The number of hydrogen-bond donors (Lipinski definition) is 1. The predicted octanol–water partition coefficient (Wildman–Crippen LogP) is -0.155. The highest BCUT2D eigenvalue weighted by atomic mass is 16.4. The first kappa shape index (κ1) is 11.8. The van der Waals surface area contributed by atoms with Crippen molar-refractivity contribution in [2.75, 3.05) is 6.54 Å². The SMILES string of the molecule is C=CCNC(=O)[C@H]1CCCC[C@H]1C(=O)[O-]. The van der Waals surface area contributed by atoms with Gasteiger partial charge in [0, 0.05) is 24.3 Å². The maximum absolute atomic E-state index is 11.6. The van der Waals surface area contributed by atoms with E-state index < -0.39 is 17.8 Å². The van der Waals surface area contributed by atoms with Gasteiger partial charge in [0.2, 0.25) is 5.91 Å². The summed E-state index contributed by atoms with van der Waals surface area (Å²) in [5.74, 6) is -2.34. The summed E-state index contributed by atoms with van der Waals surface area (Å²) < 4.78 is 0. The van der Waals surface area contributed by atoms with Crippen LogP contribution < -0.4 is 10.4 Å². The van der Waals surface area contributed by atoms with Gasteiger partial charge in [-0.3, -0.25) is 4.79 Å². The van der Waals surface area contributed by atoms with Gasteiger partial charge in [0.15, 0.2) is 0 Å². The van der Waals surface area contributed by atoms with Crippen molar-refractivity contribution < 1.29 is 14.7 Å². The summed E-state index contributed by atoms with van der Waals surface area (Å²) in [6, 6.07) is 0. The third-order valence-electron chi connectivity index (χ3n) is 2.83. The highest BCUT2D eigenvalue weighted by molar-refractivity contribution is 5.84. The highest BCUT2D eigenvalue weighted by Crippen LogP contribution is 2.29. The van der Waals surface area contributed by atoms with E-state index in [4.69, 9.17) is 0 Å². The van der Waals surface area contributed by atoms with Gasteiger partial charge in [-0.25, -0.2) is 0 Å². The Kier molecular flexibility index (Phi) is 4.34. The van der Waals surface area contributed by atoms with Crippen molar-refractivity contribution in [3.63, 3.8) is 0 Å². The number of amides is 1. The van der Waals surface area contributed by atoms with Crippen LogP contribution in [0.5, 0.6) is 0 Å². The molecule has 15 heavy (non-hydrogen) atoms. The first-order valence-electron chi connectivity index (χ1n) is 5.26. The maximum Gasteiger partial charge on any atom is 0.224 e. The monoisotopic (exact) mass is 210 g/mol. The van der Waals surface area contributed by atoms with Crippen molar-refractivity contribution in [1.29, 1.82) is 0 Å². The smallest absolute Gasteiger partial charge is 0.224 e. The average molecular weight is 210 g/mol. The zero-order valence-corrected chi connectivity index (χ0v) is 8.70. The maximum atomic E-state index is 11.6. The van der Waals surface area contributed by atoms with Crippen molar-refractivity contribution in [3.05, 3.63) is 12.7 Å². The third-order valence-corrected chi connectivity index (χ3v) is 2.83. The van der Waals surface area contributed by atoms with Gasteiger partial charge in [0.25, 0.3) is 0 Å². The first-order valence-corrected chi connectivity index (χ1v) is 5.26. The summed E-state index contributed by atoms with van der Waals surface area (Å²) >= 11 is 0. The van der Waals surface area contributed by atoms with Gasteiger partial charge in [-0.15, -0.1) is 6.58 Å². The van der Waals surface area contributed by atoms with Crippen molar-refractivity contribution >= 4 is 11.9 Å². The van der Waals surface area contributed by atoms with Crippen LogP contribution in [-0.4, -0.2) is 18.4 Å². The molecule has 4 nitrogen and oxygen atoms in total. The summed E-state index contributed by atoms with van der Waals surface area (Å²) in [4.78, 5) is 22.5. The summed E-state index contributed by atoms with van der Waals surface area (Å²) in [7, 11) is 0. The van der Waals surface area contributed by atoms with E-state index in [1.807, 2.05) is 0 Å². The van der Waals surface area contributed by atoms with E-state index in [9.17, 15) is 14.7 Å². The van der Waals surface area contributed by atoms with Crippen LogP contribution in [0, 0.1) is 11.8 Å². The molecule has 0 unspecified atom stereocenters. The van der Waals surface area contributed by atoms with Crippen molar-refractivity contribution in [2.45, 2.75) is 25.7 Å². The number of nitrogens with one attached hydrogen (secondary N) is 1. The van der Waals surface area contributed by atoms with Gasteiger partial charge in [-0.2, -0.15) is 0 Å². The van der Waals surface area contributed by atoms with Crippen LogP contribution in [0.3, 0.4) is 0 Å². The van der Waals surface area contributed by atoms with E-state index in [0.717, 1.165) is 12.8 Å². The van der Waals surface area contributed by atoms with Crippen LogP contribution in [0.4, 0.5) is 0 Å². The molecule has 84 valence electrons. The molecule has 0 aromatic carbocycles. The second-order valence-corrected chi connectivity index (χ2v) is 3.85. The number of carbonyl (C=O) groups excluding carboxylic acids is 2. The molecule has 0 aromatic rings. The molecule has 1 saturated carbocycles. The molecular formula is C11H16NO3-. The molecular weight excluding hydrogens is 194 g/mol. The molecule has 1 amide bonds. The topological polar surface area (TPSA) is 69.2 Å². The van der Waals surface area contributed by atoms with Gasteiger partial charge in [-0.05, 0) is 12.8 Å². The number of hydrogen-bond acceptors (Lipinski definition) is 3. The zero-order chi connectivity index (χ0) is 11.3. The second-order valence-electron chi connectivity index (χ2n) is 3.85. The molecule has 1 fully saturated rings. The summed E-state index contributed by atoms with van der Waals surface area (Å²) in [6.07, 6.45) is 4.55. The van der Waals surface area contributed by atoms with Gasteiger partial charge in [0.05, 0.1) is 0 Å². The third kappa shape index (κ3) is 3.08. The molecule has 0 radical (unpaired) electrons. The minimum absolute atomic E-state index is 0.191. The Morgan fingerprint density at radius 1 is 1.33 bits per heavy atom. The summed E-state index contributed by atoms with van der Waals surface area (Å²) in [6.45, 7) is 3.87. The van der Waals surface area contributed by atoms with E-state index in [1.54, 1.807) is 6.08 Å². The van der Waals surface area contributed by atoms with Crippen LogP contribution in [-0.2, 0) is 9.59 Å². The molecule has 2 atom stereocenters. The van der Waals surface area contributed by atoms with Crippen molar-refractivity contribution in [1.82, 2.24) is 5.32 Å². The molecule has 1 N–H and O–H groups in total. The molecule has 0 aliphatic heterocycles. The van der Waals surface area contributed by atoms with Crippen LogP contribution in [0.1, 0.15) is 25.7 Å². The fourth-order valence-corrected chi connectivity index (χ4v) is 2.03. The summed E-state index contributed by atoms with van der Waals surface area (Å²) in [5.41, 5.74) is 0. The Morgan fingerprint density at radius 2 is 1.93 bits per heavy atom. The Morgan fingerprint density at radius 3 is 2.47 bits per heavy atom. The minimum atomic E-state index is -1.10. The molecule has 0 aromatic heterocycles. The molecule has 1 aliphatic carbocycles. The fraction of sp³-hybridized carbons (Fsp3) is 0.636. The second kappa shape index (κ2) is 5.53. The van der Waals surface area contributed by atoms with Crippen LogP contribution in [0.25, 0.3) is 0 Å². The van der Waals surface area contributed by atoms with Gasteiger partial charge >= 0.3 is 0 Å². The predicted molar refractivity (Wildman–Crippen MR) is 53.7 cm³/mol. The Hall–Kier alpha value is -1.32. The molecule has 0 saturated heterocycles. The normalized spacial score (nSPS) is 25.6. The molecule has 0 bridgehead atoms. The van der Waals surface area contributed by atoms with E-state index in [-0.39, 0.29) is 5.91 Å². The van der Waals surface area contributed by atoms with Crippen molar-refractivity contribution in [2.24, 2.45) is 11.8 Å². The lowest BCUT2D eigenvalue weighted by molar-refractivity contribution is -0.314. The quantitative estimate of drug-likeness (QED) is 0.656. The van der Waals surface area contributed by atoms with Gasteiger partial charge in [-0.1, -0.05) is 18.9 Å². The van der Waals surface area contributed by atoms with Crippen LogP contribution in [0.15, 0.2) is 12.7 Å². The lowest BCUT2D eigenvalue weighted by Crippen LogP contribution is -2.44. The Bertz CT molecular complexity index is 263. The van der Waals surface area contributed by atoms with E-state index in [2.05, 4.69) is 11.9 Å². The van der Waals surface area contributed by atoms with E-state index in [0.29, 0.717) is 19.4 Å². The molecule has 0 spiro atoms. The zero-order valence-electron chi connectivity index (χ0n) is 8.70. The van der Waals surface area contributed by atoms with E-state index >= 15 is 0 Å². The minimum Gasteiger partial charge on any atom is -0.550 e. The molecule has 0 heterocycles. The number of carboxylic acid groups (broad SMARTS) is 1. The molecule has 4 heteroatoms. The lowest BCUT2D eigenvalue weighted by atomic mass is 9.79. The molecule has 1 rings (SSSR count). The first-order chi connectivity index (χ1) is 7.16. The lowest BCUT2D eigenvalue weighted by Gasteiger charge is -2.30. The molecule has 1 aliphatic rings. The Balaban J connectivity index is 2.58. The fourth-order valence-electron chi connectivity index (χ4n) is 2.03. The largest absolute Gasteiger partial charge is 0.550 e. The number of carbonyl (C=O) groups is 2. The Labute approximate surface area is 89.4 Å². The standard InChI is InChI=1S/C11H17NO3/c1-2-7-12-10(13)8-5-3-4-6-9(8)11(14)15/h2,8-9H,1,3-7H2,(H,12,13)(H,14,15)/p-1/t8-,9+/m0/s1. The number of aliphatic carboxylic acids is 1. The van der Waals surface area contributed by atoms with Gasteiger partial charge in [0.1, 0.15) is 0 Å². The number of carboxylic acids is 1. The van der Waals surface area contributed by atoms with Crippen LogP contribution >= 0.6 is 0 Å². The average Bonchev–Trinajstić information content (AvgIpc) is 2.25. The highest BCUT2D eigenvalue weighted by Gasteiger charge is 2.31. The van der Waals surface area contributed by atoms with Crippen molar-refractivity contribution in [3.8, 4) is 0 Å². The number of rotatable bonds is 4. The van der Waals surface area contributed by atoms with Gasteiger partial charge < -0.3 is 15.2 Å². The van der Waals surface area contributed by atoms with E-state index in [1.165, 1.54) is 0 Å². The van der Waals surface area contributed by atoms with Crippen LogP contribution in [0.2, 0.25) is 0 Å².